The third-order valence-electron chi connectivity index (χ3n) is 4.46. The summed E-state index contributed by atoms with van der Waals surface area (Å²) in [5, 5.41) is 5.99. The molecule has 1 aliphatic heterocycles. The van der Waals surface area contributed by atoms with Crippen LogP contribution < -0.4 is 15.5 Å². The third kappa shape index (κ3) is 4.52. The molecule has 1 aliphatic rings. The van der Waals surface area contributed by atoms with Gasteiger partial charge in [0.05, 0.1) is 13.2 Å². The van der Waals surface area contributed by atoms with Crippen LogP contribution in [-0.4, -0.2) is 38.3 Å². The number of aryl methyl sites for hydroxylation is 1. The average molecular weight is 357 g/mol. The standard InChI is InChI=1S/C20H24FN3O2/c1-14-6-7-16(21)12-19(14)23-20(25)15(2)22-17-4-3-5-18(13-17)24-8-10-26-11-9-24/h3-7,12-13,15,22H,8-11H2,1-2H3,(H,23,25). The van der Waals surface area contributed by atoms with Crippen LogP contribution in [0.1, 0.15) is 12.5 Å². The Bertz CT molecular complexity index is 775. The van der Waals surface area contributed by atoms with Crippen LogP contribution in [0.2, 0.25) is 0 Å². The van der Waals surface area contributed by atoms with E-state index in [1.54, 1.807) is 13.0 Å². The summed E-state index contributed by atoms with van der Waals surface area (Å²) in [7, 11) is 0. The van der Waals surface area contributed by atoms with Crippen molar-refractivity contribution < 1.29 is 13.9 Å². The van der Waals surface area contributed by atoms with Gasteiger partial charge in [-0.15, -0.1) is 0 Å². The molecule has 5 nitrogen and oxygen atoms in total. The number of anilines is 3. The van der Waals surface area contributed by atoms with Gasteiger partial charge in [0.15, 0.2) is 0 Å². The number of benzene rings is 2. The normalized spacial score (nSPS) is 15.4. The second-order valence-electron chi connectivity index (χ2n) is 6.46. The van der Waals surface area contributed by atoms with Crippen molar-refractivity contribution in [2.75, 3.05) is 41.8 Å². The molecule has 26 heavy (non-hydrogen) atoms. The monoisotopic (exact) mass is 357 g/mol. The first-order chi connectivity index (χ1) is 12.5. The van der Waals surface area contributed by atoms with Gasteiger partial charge in [-0.05, 0) is 49.7 Å². The summed E-state index contributed by atoms with van der Waals surface area (Å²) < 4.78 is 18.8. The van der Waals surface area contributed by atoms with Crippen LogP contribution in [0.25, 0.3) is 0 Å². The highest BCUT2D eigenvalue weighted by molar-refractivity contribution is 5.96. The van der Waals surface area contributed by atoms with Crippen molar-refractivity contribution in [3.05, 3.63) is 53.8 Å². The Balaban J connectivity index is 1.64. The van der Waals surface area contributed by atoms with Crippen molar-refractivity contribution in [2.24, 2.45) is 0 Å². The Kier molecular flexibility index (Phi) is 5.73. The smallest absolute Gasteiger partial charge is 0.246 e. The zero-order chi connectivity index (χ0) is 18.5. The number of morpholine rings is 1. The maximum Gasteiger partial charge on any atom is 0.246 e. The predicted octanol–water partition coefficient (Wildman–Crippen LogP) is 3.41. The average Bonchev–Trinajstić information content (AvgIpc) is 2.65. The van der Waals surface area contributed by atoms with Gasteiger partial charge in [-0.3, -0.25) is 4.79 Å². The second-order valence-corrected chi connectivity index (χ2v) is 6.46. The Morgan fingerprint density at radius 1 is 1.19 bits per heavy atom. The maximum atomic E-state index is 13.4. The first-order valence-corrected chi connectivity index (χ1v) is 8.79. The molecule has 2 aromatic rings. The highest BCUT2D eigenvalue weighted by atomic mass is 19.1. The number of hydrogen-bond donors (Lipinski definition) is 2. The summed E-state index contributed by atoms with van der Waals surface area (Å²) in [4.78, 5) is 14.7. The Morgan fingerprint density at radius 3 is 2.73 bits per heavy atom. The lowest BCUT2D eigenvalue weighted by atomic mass is 10.2. The minimum absolute atomic E-state index is 0.213. The molecule has 1 unspecified atom stereocenters. The molecule has 0 spiro atoms. The number of rotatable bonds is 5. The molecule has 3 rings (SSSR count). The quantitative estimate of drug-likeness (QED) is 0.861. The van der Waals surface area contributed by atoms with Gasteiger partial charge in [0.2, 0.25) is 5.91 Å². The molecule has 1 fully saturated rings. The summed E-state index contributed by atoms with van der Waals surface area (Å²) in [5.74, 6) is -0.583. The number of carbonyl (C=O) groups excluding carboxylic acids is 1. The summed E-state index contributed by atoms with van der Waals surface area (Å²) in [6.07, 6.45) is 0. The van der Waals surface area contributed by atoms with Crippen molar-refractivity contribution in [3.8, 4) is 0 Å². The topological polar surface area (TPSA) is 53.6 Å². The third-order valence-corrected chi connectivity index (χ3v) is 4.46. The zero-order valence-electron chi connectivity index (χ0n) is 15.1. The first-order valence-electron chi connectivity index (χ1n) is 8.79. The van der Waals surface area contributed by atoms with Gasteiger partial charge >= 0.3 is 0 Å². The second kappa shape index (κ2) is 8.19. The minimum Gasteiger partial charge on any atom is -0.378 e. The number of ether oxygens (including phenoxy) is 1. The Labute approximate surface area is 153 Å². The van der Waals surface area contributed by atoms with Gasteiger partial charge in [-0.2, -0.15) is 0 Å². The van der Waals surface area contributed by atoms with E-state index in [1.807, 2.05) is 25.1 Å². The molecule has 1 amide bonds. The highest BCUT2D eigenvalue weighted by Crippen LogP contribution is 2.21. The molecule has 6 heteroatoms. The van der Waals surface area contributed by atoms with Crippen LogP contribution in [0.4, 0.5) is 21.5 Å². The molecular weight excluding hydrogens is 333 g/mol. The molecule has 1 atom stereocenters. The molecule has 0 bridgehead atoms. The molecule has 0 aromatic heterocycles. The van der Waals surface area contributed by atoms with Crippen LogP contribution in [0.15, 0.2) is 42.5 Å². The SMILES string of the molecule is Cc1ccc(F)cc1NC(=O)C(C)Nc1cccc(N2CCOCC2)c1. The van der Waals surface area contributed by atoms with E-state index in [0.29, 0.717) is 5.69 Å². The van der Waals surface area contributed by atoms with E-state index in [2.05, 4.69) is 21.6 Å². The van der Waals surface area contributed by atoms with Crippen molar-refractivity contribution >= 4 is 23.0 Å². The van der Waals surface area contributed by atoms with Crippen molar-refractivity contribution in [1.82, 2.24) is 0 Å². The zero-order valence-corrected chi connectivity index (χ0v) is 15.1. The van der Waals surface area contributed by atoms with Crippen LogP contribution in [0.5, 0.6) is 0 Å². The Morgan fingerprint density at radius 2 is 1.96 bits per heavy atom. The summed E-state index contributed by atoms with van der Waals surface area (Å²) in [6.45, 7) is 6.79. The molecule has 0 radical (unpaired) electrons. The summed E-state index contributed by atoms with van der Waals surface area (Å²) >= 11 is 0. The van der Waals surface area contributed by atoms with Gasteiger partial charge in [-0.25, -0.2) is 4.39 Å². The van der Waals surface area contributed by atoms with Crippen molar-refractivity contribution in [1.29, 1.82) is 0 Å². The van der Waals surface area contributed by atoms with Crippen LogP contribution >= 0.6 is 0 Å². The lowest BCUT2D eigenvalue weighted by molar-refractivity contribution is -0.116. The summed E-state index contributed by atoms with van der Waals surface area (Å²) in [6, 6.07) is 11.9. The van der Waals surface area contributed by atoms with Crippen LogP contribution in [0.3, 0.4) is 0 Å². The van der Waals surface area contributed by atoms with Gasteiger partial charge in [0.25, 0.3) is 0 Å². The van der Waals surface area contributed by atoms with E-state index in [9.17, 15) is 9.18 Å². The van der Waals surface area contributed by atoms with E-state index in [1.165, 1.54) is 12.1 Å². The number of nitrogens with zero attached hydrogens (tertiary/aromatic N) is 1. The molecule has 138 valence electrons. The van der Waals surface area contributed by atoms with Gasteiger partial charge in [0, 0.05) is 30.2 Å². The largest absolute Gasteiger partial charge is 0.378 e. The first kappa shape index (κ1) is 18.2. The minimum atomic E-state index is -0.461. The molecule has 0 aliphatic carbocycles. The number of amides is 1. The van der Waals surface area contributed by atoms with Crippen molar-refractivity contribution in [2.45, 2.75) is 19.9 Å². The molecular formula is C20H24FN3O2. The lowest BCUT2D eigenvalue weighted by Gasteiger charge is -2.29. The van der Waals surface area contributed by atoms with Gasteiger partial charge in [0.1, 0.15) is 11.9 Å². The fourth-order valence-corrected chi connectivity index (χ4v) is 2.90. The number of hydrogen-bond acceptors (Lipinski definition) is 4. The maximum absolute atomic E-state index is 13.4. The van der Waals surface area contributed by atoms with E-state index < -0.39 is 6.04 Å². The number of halogens is 1. The fourth-order valence-electron chi connectivity index (χ4n) is 2.90. The molecule has 2 aromatic carbocycles. The van der Waals surface area contributed by atoms with E-state index in [0.717, 1.165) is 43.2 Å². The van der Waals surface area contributed by atoms with Gasteiger partial charge in [-0.1, -0.05) is 12.1 Å². The number of carbonyl (C=O) groups is 1. The molecule has 1 heterocycles. The van der Waals surface area contributed by atoms with E-state index in [-0.39, 0.29) is 11.7 Å². The lowest BCUT2D eigenvalue weighted by Crippen LogP contribution is -2.36. The van der Waals surface area contributed by atoms with E-state index >= 15 is 0 Å². The predicted molar refractivity (Wildman–Crippen MR) is 102 cm³/mol. The van der Waals surface area contributed by atoms with Crippen LogP contribution in [0, 0.1) is 12.7 Å². The summed E-state index contributed by atoms with van der Waals surface area (Å²) in [5.41, 5.74) is 3.28. The molecule has 1 saturated heterocycles. The highest BCUT2D eigenvalue weighted by Gasteiger charge is 2.16. The number of nitrogens with one attached hydrogen (secondary N) is 2. The van der Waals surface area contributed by atoms with E-state index in [4.69, 9.17) is 4.74 Å². The van der Waals surface area contributed by atoms with Crippen molar-refractivity contribution in [3.63, 3.8) is 0 Å². The molecule has 0 saturated carbocycles. The molecule has 2 N–H and O–H groups in total. The Hall–Kier alpha value is -2.60. The fraction of sp³-hybridized carbons (Fsp3) is 0.350. The van der Waals surface area contributed by atoms with Gasteiger partial charge < -0.3 is 20.3 Å². The van der Waals surface area contributed by atoms with Crippen LogP contribution in [-0.2, 0) is 9.53 Å².